The maximum absolute atomic E-state index is 13.4. The molecule has 0 fully saturated rings. The molecule has 6 nitrogen and oxygen atoms in total. The van der Waals surface area contributed by atoms with Crippen molar-refractivity contribution < 1.29 is 14.1 Å². The molecule has 0 aliphatic carbocycles. The van der Waals surface area contributed by atoms with Crippen LogP contribution in [0.25, 0.3) is 0 Å². The third kappa shape index (κ3) is 4.36. The van der Waals surface area contributed by atoms with E-state index in [1.54, 1.807) is 0 Å². The van der Waals surface area contributed by atoms with Crippen LogP contribution in [0.3, 0.4) is 0 Å². The number of nitrogens with one attached hydrogen (secondary N) is 2. The summed E-state index contributed by atoms with van der Waals surface area (Å²) in [6.45, 7) is 4.12. The number of benzene rings is 1. The molecule has 0 radical (unpaired) electrons. The molecule has 1 aromatic carbocycles. The normalized spacial score (nSPS) is 10.3. The van der Waals surface area contributed by atoms with Crippen LogP contribution in [-0.4, -0.2) is 31.7 Å². The van der Waals surface area contributed by atoms with Crippen LogP contribution in [0.4, 0.5) is 15.8 Å². The van der Waals surface area contributed by atoms with Crippen molar-refractivity contribution in [2.24, 2.45) is 0 Å². The number of nitro benzene ring substituents is 1. The van der Waals surface area contributed by atoms with Crippen molar-refractivity contribution in [3.8, 4) is 5.75 Å². The third-order valence-corrected chi connectivity index (χ3v) is 2.51. The van der Waals surface area contributed by atoms with Gasteiger partial charge in [-0.3, -0.25) is 10.1 Å². The molecule has 0 saturated carbocycles. The molecule has 19 heavy (non-hydrogen) atoms. The fraction of sp³-hybridized carbons (Fsp3) is 0.500. The van der Waals surface area contributed by atoms with Gasteiger partial charge in [0.25, 0.3) is 5.69 Å². The summed E-state index contributed by atoms with van der Waals surface area (Å²) < 4.78 is 18.2. The molecule has 0 aliphatic rings. The van der Waals surface area contributed by atoms with Crippen molar-refractivity contribution in [3.05, 3.63) is 28.1 Å². The number of ether oxygens (including phenoxy) is 1. The van der Waals surface area contributed by atoms with Crippen LogP contribution >= 0.6 is 0 Å². The zero-order valence-corrected chi connectivity index (χ0v) is 11.0. The summed E-state index contributed by atoms with van der Waals surface area (Å²) in [5.41, 5.74) is -0.0460. The molecule has 0 aliphatic heterocycles. The van der Waals surface area contributed by atoms with E-state index in [1.807, 2.05) is 0 Å². The first kappa shape index (κ1) is 15.2. The van der Waals surface area contributed by atoms with Gasteiger partial charge in [0.15, 0.2) is 11.6 Å². The van der Waals surface area contributed by atoms with E-state index in [4.69, 9.17) is 4.74 Å². The van der Waals surface area contributed by atoms with Gasteiger partial charge in [-0.1, -0.05) is 6.92 Å². The van der Waals surface area contributed by atoms with Gasteiger partial charge in [-0.05, 0) is 13.0 Å². The summed E-state index contributed by atoms with van der Waals surface area (Å²) in [7, 11) is 1.32. The molecule has 7 heteroatoms. The van der Waals surface area contributed by atoms with Crippen molar-refractivity contribution in [2.45, 2.75) is 13.3 Å². The van der Waals surface area contributed by atoms with E-state index in [2.05, 4.69) is 17.6 Å². The summed E-state index contributed by atoms with van der Waals surface area (Å²) in [5.74, 6) is -0.765. The summed E-state index contributed by atoms with van der Waals surface area (Å²) >= 11 is 0. The number of anilines is 1. The summed E-state index contributed by atoms with van der Waals surface area (Å²) in [6, 6.07) is 2.16. The highest BCUT2D eigenvalue weighted by Crippen LogP contribution is 2.31. The van der Waals surface area contributed by atoms with Crippen molar-refractivity contribution in [1.82, 2.24) is 5.32 Å². The quantitative estimate of drug-likeness (QED) is 0.430. The largest absolute Gasteiger partial charge is 0.494 e. The Labute approximate surface area is 111 Å². The first-order valence-corrected chi connectivity index (χ1v) is 6.06. The third-order valence-electron chi connectivity index (χ3n) is 2.51. The average molecular weight is 271 g/mol. The van der Waals surface area contributed by atoms with Gasteiger partial charge < -0.3 is 15.4 Å². The van der Waals surface area contributed by atoms with E-state index in [1.165, 1.54) is 13.2 Å². The Morgan fingerprint density at radius 2 is 2.11 bits per heavy atom. The van der Waals surface area contributed by atoms with Gasteiger partial charge in [-0.25, -0.2) is 4.39 Å². The van der Waals surface area contributed by atoms with Gasteiger partial charge in [0.2, 0.25) is 0 Å². The van der Waals surface area contributed by atoms with E-state index in [-0.39, 0.29) is 17.1 Å². The van der Waals surface area contributed by atoms with Crippen molar-refractivity contribution in [1.29, 1.82) is 0 Å². The Hall–Kier alpha value is -1.89. The Kier molecular flexibility index (Phi) is 6.01. The molecular formula is C12H18FN3O3. The van der Waals surface area contributed by atoms with Crippen molar-refractivity contribution >= 4 is 11.4 Å². The van der Waals surface area contributed by atoms with Crippen LogP contribution < -0.4 is 15.4 Å². The van der Waals surface area contributed by atoms with Crippen LogP contribution in [-0.2, 0) is 0 Å². The van der Waals surface area contributed by atoms with Crippen molar-refractivity contribution in [2.75, 3.05) is 32.1 Å². The topological polar surface area (TPSA) is 76.4 Å². The predicted octanol–water partition coefficient (Wildman–Crippen LogP) is 2.15. The zero-order chi connectivity index (χ0) is 14.3. The lowest BCUT2D eigenvalue weighted by Gasteiger charge is -2.10. The second-order valence-electron chi connectivity index (χ2n) is 3.94. The van der Waals surface area contributed by atoms with E-state index < -0.39 is 10.7 Å². The summed E-state index contributed by atoms with van der Waals surface area (Å²) in [6.07, 6.45) is 1.02. The van der Waals surface area contributed by atoms with Crippen LogP contribution in [0, 0.1) is 15.9 Å². The van der Waals surface area contributed by atoms with Gasteiger partial charge >= 0.3 is 0 Å². The highest BCUT2D eigenvalue weighted by molar-refractivity contribution is 5.64. The summed E-state index contributed by atoms with van der Waals surface area (Å²) in [5, 5.41) is 16.9. The number of halogens is 1. The second kappa shape index (κ2) is 7.52. The Bertz CT molecular complexity index is 440. The molecule has 0 atom stereocenters. The average Bonchev–Trinajstić information content (AvgIpc) is 2.39. The molecule has 2 N–H and O–H groups in total. The lowest BCUT2D eigenvalue weighted by Crippen LogP contribution is -2.23. The minimum absolute atomic E-state index is 0.0189. The van der Waals surface area contributed by atoms with E-state index in [0.717, 1.165) is 19.0 Å². The van der Waals surface area contributed by atoms with Gasteiger partial charge in [-0.15, -0.1) is 0 Å². The van der Waals surface area contributed by atoms with Crippen LogP contribution in [0.15, 0.2) is 12.1 Å². The van der Waals surface area contributed by atoms with Crippen molar-refractivity contribution in [3.63, 3.8) is 0 Å². The van der Waals surface area contributed by atoms with E-state index in [9.17, 15) is 14.5 Å². The maximum Gasteiger partial charge on any atom is 0.295 e. The molecule has 0 bridgehead atoms. The highest BCUT2D eigenvalue weighted by atomic mass is 19.1. The van der Waals surface area contributed by atoms with Gasteiger partial charge in [-0.2, -0.15) is 0 Å². The van der Waals surface area contributed by atoms with E-state index >= 15 is 0 Å². The fourth-order valence-electron chi connectivity index (χ4n) is 1.58. The van der Waals surface area contributed by atoms with Gasteiger partial charge in [0.1, 0.15) is 5.69 Å². The minimum Gasteiger partial charge on any atom is -0.494 e. The molecule has 0 amide bonds. The standard InChI is InChI=1S/C12H18FN3O3/c1-3-4-14-5-6-15-10-8-12(19-2)9(13)7-11(10)16(17)18/h7-8,14-15H,3-6H2,1-2H3. The van der Waals surface area contributed by atoms with Gasteiger partial charge in [0.05, 0.1) is 18.1 Å². The molecular weight excluding hydrogens is 253 g/mol. The maximum atomic E-state index is 13.4. The minimum atomic E-state index is -0.746. The number of rotatable bonds is 8. The van der Waals surface area contributed by atoms with Crippen LogP contribution in [0.1, 0.15) is 13.3 Å². The number of hydrogen-bond acceptors (Lipinski definition) is 5. The number of methoxy groups -OCH3 is 1. The van der Waals surface area contributed by atoms with E-state index in [0.29, 0.717) is 13.1 Å². The first-order chi connectivity index (χ1) is 9.10. The number of nitro groups is 1. The first-order valence-electron chi connectivity index (χ1n) is 6.06. The molecule has 106 valence electrons. The zero-order valence-electron chi connectivity index (χ0n) is 11.0. The molecule has 1 aromatic rings. The lowest BCUT2D eigenvalue weighted by molar-refractivity contribution is -0.384. The molecule has 1 rings (SSSR count). The Morgan fingerprint density at radius 1 is 1.37 bits per heavy atom. The second-order valence-corrected chi connectivity index (χ2v) is 3.94. The Balaban J connectivity index is 2.76. The molecule has 0 heterocycles. The number of nitrogens with zero attached hydrogens (tertiary/aromatic N) is 1. The number of hydrogen-bond donors (Lipinski definition) is 2. The van der Waals surface area contributed by atoms with Gasteiger partial charge in [0, 0.05) is 19.2 Å². The smallest absolute Gasteiger partial charge is 0.295 e. The lowest BCUT2D eigenvalue weighted by atomic mass is 10.2. The molecule has 0 unspecified atom stereocenters. The molecule has 0 spiro atoms. The SMILES string of the molecule is CCCNCCNc1cc(OC)c(F)cc1[N+](=O)[O-]. The van der Waals surface area contributed by atoms with Crippen LogP contribution in [0.5, 0.6) is 5.75 Å². The highest BCUT2D eigenvalue weighted by Gasteiger charge is 2.18. The molecule has 0 saturated heterocycles. The predicted molar refractivity (Wildman–Crippen MR) is 71.3 cm³/mol. The molecule has 0 aromatic heterocycles. The van der Waals surface area contributed by atoms with Crippen LogP contribution in [0.2, 0.25) is 0 Å². The summed E-state index contributed by atoms with van der Waals surface area (Å²) in [4.78, 5) is 10.2. The Morgan fingerprint density at radius 3 is 2.68 bits per heavy atom. The fourth-order valence-corrected chi connectivity index (χ4v) is 1.58. The monoisotopic (exact) mass is 271 g/mol.